The Bertz CT molecular complexity index is 372. The van der Waals surface area contributed by atoms with Crippen LogP contribution in [-0.4, -0.2) is 10.5 Å². The highest BCUT2D eigenvalue weighted by atomic mass is 19.4. The number of nitrogens with zero attached hydrogens (tertiary/aromatic N) is 1. The van der Waals surface area contributed by atoms with Crippen LogP contribution >= 0.6 is 0 Å². The van der Waals surface area contributed by atoms with Gasteiger partial charge in [0.2, 0.25) is 0 Å². The van der Waals surface area contributed by atoms with Gasteiger partial charge in [-0.2, -0.15) is 13.2 Å². The monoisotopic (exact) mass is 246 g/mol. The highest BCUT2D eigenvalue weighted by Gasteiger charge is 2.31. The van der Waals surface area contributed by atoms with Crippen molar-refractivity contribution in [2.75, 3.05) is 5.32 Å². The lowest BCUT2D eigenvalue weighted by Gasteiger charge is -2.26. The van der Waals surface area contributed by atoms with Crippen LogP contribution in [0.3, 0.4) is 0 Å². The number of pyridine rings is 1. The molecule has 1 rings (SSSR count). The Kier molecular flexibility index (Phi) is 4.01. The van der Waals surface area contributed by atoms with Gasteiger partial charge in [0, 0.05) is 11.7 Å². The number of halogens is 3. The van der Waals surface area contributed by atoms with E-state index in [-0.39, 0.29) is 11.4 Å². The molecule has 0 fully saturated rings. The molecule has 0 spiro atoms. The molecule has 0 radical (unpaired) electrons. The first-order valence-corrected chi connectivity index (χ1v) is 5.56. The molecular weight excluding hydrogens is 229 g/mol. The molecule has 0 aromatic carbocycles. The molecule has 17 heavy (non-hydrogen) atoms. The summed E-state index contributed by atoms with van der Waals surface area (Å²) < 4.78 is 37.5. The molecule has 1 N–H and O–H groups in total. The van der Waals surface area contributed by atoms with Gasteiger partial charge < -0.3 is 5.32 Å². The van der Waals surface area contributed by atoms with Crippen molar-refractivity contribution in [1.29, 1.82) is 0 Å². The van der Waals surface area contributed by atoms with E-state index >= 15 is 0 Å². The third kappa shape index (κ3) is 4.24. The maximum absolute atomic E-state index is 12.5. The summed E-state index contributed by atoms with van der Waals surface area (Å²) in [6.07, 6.45) is -1.33. The second kappa shape index (κ2) is 4.94. The number of anilines is 1. The molecule has 0 bridgehead atoms. The van der Waals surface area contributed by atoms with Crippen molar-refractivity contribution in [1.82, 2.24) is 4.98 Å². The quantitative estimate of drug-likeness (QED) is 0.865. The summed E-state index contributed by atoms with van der Waals surface area (Å²) in [5, 5.41) is 3.02. The van der Waals surface area contributed by atoms with E-state index < -0.39 is 11.7 Å². The van der Waals surface area contributed by atoms with Crippen molar-refractivity contribution in [2.45, 2.75) is 45.3 Å². The lowest BCUT2D eigenvalue weighted by molar-refractivity contribution is -0.137. The van der Waals surface area contributed by atoms with E-state index in [2.05, 4.69) is 10.3 Å². The van der Waals surface area contributed by atoms with E-state index in [1.165, 1.54) is 6.20 Å². The van der Waals surface area contributed by atoms with E-state index in [0.29, 0.717) is 0 Å². The first-order chi connectivity index (χ1) is 7.74. The normalized spacial score (nSPS) is 12.6. The van der Waals surface area contributed by atoms with Gasteiger partial charge in [-0.3, -0.25) is 0 Å². The summed E-state index contributed by atoms with van der Waals surface area (Å²) >= 11 is 0. The van der Waals surface area contributed by atoms with Gasteiger partial charge in [-0.25, -0.2) is 4.98 Å². The van der Waals surface area contributed by atoms with E-state index in [0.717, 1.165) is 25.0 Å². The molecule has 96 valence electrons. The number of aromatic nitrogens is 1. The third-order valence-corrected chi connectivity index (χ3v) is 2.43. The van der Waals surface area contributed by atoms with E-state index in [1.54, 1.807) is 0 Å². The van der Waals surface area contributed by atoms with Gasteiger partial charge in [-0.15, -0.1) is 0 Å². The second-order valence-corrected chi connectivity index (χ2v) is 4.69. The third-order valence-electron chi connectivity index (χ3n) is 2.43. The standard InChI is InChI=1S/C12H17F3N2/c1-4-6-11(2,3)17-10-8-9(5-7-16-10)12(13,14)15/h5,7-8H,4,6H2,1-3H3,(H,16,17). The van der Waals surface area contributed by atoms with Crippen LogP contribution in [0, 0.1) is 0 Å². The molecule has 1 aromatic heterocycles. The second-order valence-electron chi connectivity index (χ2n) is 4.69. The molecule has 0 saturated heterocycles. The summed E-state index contributed by atoms with van der Waals surface area (Å²) in [4.78, 5) is 3.91. The fraction of sp³-hybridized carbons (Fsp3) is 0.583. The lowest BCUT2D eigenvalue weighted by Crippen LogP contribution is -2.31. The average molecular weight is 246 g/mol. The molecule has 0 atom stereocenters. The first-order valence-electron chi connectivity index (χ1n) is 5.56. The number of hydrogen-bond donors (Lipinski definition) is 1. The van der Waals surface area contributed by atoms with Crippen molar-refractivity contribution < 1.29 is 13.2 Å². The predicted octanol–water partition coefficient (Wildman–Crippen LogP) is 4.09. The molecular formula is C12H17F3N2. The zero-order chi connectivity index (χ0) is 13.1. The summed E-state index contributed by atoms with van der Waals surface area (Å²) in [5.41, 5.74) is -0.936. The van der Waals surface area contributed by atoms with Crippen LogP contribution in [0.1, 0.15) is 39.2 Å². The number of alkyl halides is 3. The number of rotatable bonds is 4. The van der Waals surface area contributed by atoms with E-state index in [4.69, 9.17) is 0 Å². The molecule has 5 heteroatoms. The molecule has 0 saturated carbocycles. The summed E-state index contributed by atoms with van der Waals surface area (Å²) in [7, 11) is 0. The Morgan fingerprint density at radius 2 is 1.94 bits per heavy atom. The maximum atomic E-state index is 12.5. The Hall–Kier alpha value is -1.26. The van der Waals surface area contributed by atoms with Gasteiger partial charge in [0.1, 0.15) is 5.82 Å². The first kappa shape index (κ1) is 13.8. The smallest absolute Gasteiger partial charge is 0.365 e. The molecule has 0 amide bonds. The van der Waals surface area contributed by atoms with Crippen molar-refractivity contribution in [3.05, 3.63) is 23.9 Å². The molecule has 0 aliphatic heterocycles. The fourth-order valence-electron chi connectivity index (χ4n) is 1.71. The van der Waals surface area contributed by atoms with E-state index in [1.807, 2.05) is 20.8 Å². The van der Waals surface area contributed by atoms with Crippen molar-refractivity contribution in [3.63, 3.8) is 0 Å². The van der Waals surface area contributed by atoms with Gasteiger partial charge in [0.25, 0.3) is 0 Å². The Morgan fingerprint density at radius 3 is 2.47 bits per heavy atom. The topological polar surface area (TPSA) is 24.9 Å². The number of nitrogens with one attached hydrogen (secondary N) is 1. The average Bonchev–Trinajstić information content (AvgIpc) is 2.15. The van der Waals surface area contributed by atoms with Crippen molar-refractivity contribution >= 4 is 5.82 Å². The van der Waals surface area contributed by atoms with Crippen LogP contribution in [0.15, 0.2) is 18.3 Å². The number of hydrogen-bond acceptors (Lipinski definition) is 2. The molecule has 2 nitrogen and oxygen atoms in total. The van der Waals surface area contributed by atoms with Gasteiger partial charge >= 0.3 is 6.18 Å². The van der Waals surface area contributed by atoms with Gasteiger partial charge in [0.15, 0.2) is 0 Å². The van der Waals surface area contributed by atoms with E-state index in [9.17, 15) is 13.2 Å². The Labute approximate surface area is 99.3 Å². The Morgan fingerprint density at radius 1 is 1.29 bits per heavy atom. The molecule has 0 aliphatic rings. The van der Waals surface area contributed by atoms with Crippen LogP contribution in [0.4, 0.5) is 19.0 Å². The van der Waals surface area contributed by atoms with Crippen molar-refractivity contribution in [3.8, 4) is 0 Å². The molecule has 0 aliphatic carbocycles. The van der Waals surface area contributed by atoms with Crippen LogP contribution in [-0.2, 0) is 6.18 Å². The minimum atomic E-state index is -4.33. The largest absolute Gasteiger partial charge is 0.416 e. The zero-order valence-electron chi connectivity index (χ0n) is 10.2. The molecule has 0 unspecified atom stereocenters. The zero-order valence-corrected chi connectivity index (χ0v) is 10.2. The molecule has 1 heterocycles. The maximum Gasteiger partial charge on any atom is 0.416 e. The summed E-state index contributed by atoms with van der Waals surface area (Å²) in [6.45, 7) is 5.92. The predicted molar refractivity (Wildman–Crippen MR) is 61.8 cm³/mol. The van der Waals surface area contributed by atoms with Gasteiger partial charge in [-0.1, -0.05) is 13.3 Å². The van der Waals surface area contributed by atoms with Gasteiger partial charge in [-0.05, 0) is 32.4 Å². The SMILES string of the molecule is CCCC(C)(C)Nc1cc(C(F)(F)F)ccn1. The van der Waals surface area contributed by atoms with Crippen LogP contribution in [0.5, 0.6) is 0 Å². The molecule has 1 aromatic rings. The highest BCUT2D eigenvalue weighted by molar-refractivity contribution is 5.40. The Balaban J connectivity index is 2.86. The minimum absolute atomic E-state index is 0.258. The fourth-order valence-corrected chi connectivity index (χ4v) is 1.71. The van der Waals surface area contributed by atoms with Crippen LogP contribution < -0.4 is 5.32 Å². The van der Waals surface area contributed by atoms with Gasteiger partial charge in [0.05, 0.1) is 5.56 Å². The lowest BCUT2D eigenvalue weighted by atomic mass is 9.99. The summed E-state index contributed by atoms with van der Waals surface area (Å²) in [5.74, 6) is 0.262. The van der Waals surface area contributed by atoms with Crippen molar-refractivity contribution in [2.24, 2.45) is 0 Å². The summed E-state index contributed by atoms with van der Waals surface area (Å²) in [6, 6.07) is 2.01. The van der Waals surface area contributed by atoms with Crippen LogP contribution in [0.2, 0.25) is 0 Å². The van der Waals surface area contributed by atoms with Crippen LogP contribution in [0.25, 0.3) is 0 Å². The highest BCUT2D eigenvalue weighted by Crippen LogP contribution is 2.30. The minimum Gasteiger partial charge on any atom is -0.365 e.